The summed E-state index contributed by atoms with van der Waals surface area (Å²) in [4.78, 5) is 38.5. The van der Waals surface area contributed by atoms with Crippen LogP contribution in [0.2, 0.25) is 0 Å². The van der Waals surface area contributed by atoms with Crippen LogP contribution in [0.5, 0.6) is 11.5 Å². The Balaban J connectivity index is 0.000000282. The molecule has 0 spiro atoms. The zero-order valence-corrected chi connectivity index (χ0v) is 38.1. The molecule has 0 fully saturated rings. The van der Waals surface area contributed by atoms with Gasteiger partial charge in [0.05, 0.1) is 61.9 Å². The number of ether oxygens (including phenoxy) is 5. The van der Waals surface area contributed by atoms with Crippen LogP contribution < -0.4 is 20.8 Å². The molecule has 16 nitrogen and oxygen atoms in total. The van der Waals surface area contributed by atoms with Gasteiger partial charge in [0.25, 0.3) is 5.56 Å². The molecule has 2 aromatic carbocycles. The number of esters is 1. The van der Waals surface area contributed by atoms with E-state index < -0.39 is 5.97 Å². The quantitative estimate of drug-likeness (QED) is 0.0738. The van der Waals surface area contributed by atoms with Gasteiger partial charge in [-0.3, -0.25) is 4.79 Å². The van der Waals surface area contributed by atoms with Crippen LogP contribution in [0.4, 0.5) is 5.82 Å². The average Bonchev–Trinajstić information content (AvgIpc) is 3.95. The first-order valence-electron chi connectivity index (χ1n) is 17.6. The molecule has 0 unspecified atom stereocenters. The molecule has 22 heteroatoms. The van der Waals surface area contributed by atoms with Gasteiger partial charge in [0.1, 0.15) is 52.5 Å². The largest absolute Gasteiger partial charge is 0.496 e. The Labute approximate surface area is 373 Å². The molecule has 61 heavy (non-hydrogen) atoms. The number of anilines is 1. The lowest BCUT2D eigenvalue weighted by Crippen LogP contribution is -2.13. The second-order valence-electron chi connectivity index (χ2n) is 12.4. The summed E-state index contributed by atoms with van der Waals surface area (Å²) in [7, 11) is 10.4. The number of H-pyrrole nitrogens is 3. The summed E-state index contributed by atoms with van der Waals surface area (Å²) in [5.74, 6) is 2.86. The molecule has 0 saturated carbocycles. The number of rotatable bonds is 11. The number of fused-ring (bicyclic) bond motifs is 4. The maximum absolute atomic E-state index is 12.7. The van der Waals surface area contributed by atoms with Crippen molar-refractivity contribution in [2.24, 2.45) is 0 Å². The lowest BCUT2D eigenvalue weighted by Gasteiger charge is -2.09. The van der Waals surface area contributed by atoms with E-state index >= 15 is 0 Å². The molecular formula is C39H49N7O9S6. The van der Waals surface area contributed by atoms with Crippen molar-refractivity contribution in [2.45, 2.75) is 56.1 Å². The molecule has 5 aromatic heterocycles. The Hall–Kier alpha value is -4.81. The number of aryl methyl sites for hydroxylation is 4. The summed E-state index contributed by atoms with van der Waals surface area (Å²) in [6.45, 7) is 10.5. The summed E-state index contributed by atoms with van der Waals surface area (Å²) in [5, 5.41) is 9.87. The number of nitrogens with one attached hydrogen (secondary N) is 3. The van der Waals surface area contributed by atoms with Crippen molar-refractivity contribution in [3.63, 3.8) is 0 Å². The van der Waals surface area contributed by atoms with Gasteiger partial charge in [0, 0.05) is 97.9 Å². The van der Waals surface area contributed by atoms with E-state index in [-0.39, 0.29) is 39.4 Å². The summed E-state index contributed by atoms with van der Waals surface area (Å²) >= 11 is 9.03. The van der Waals surface area contributed by atoms with Crippen LogP contribution in [0, 0.1) is 27.7 Å². The molecule has 0 atom stereocenters. The van der Waals surface area contributed by atoms with Crippen molar-refractivity contribution in [2.75, 3.05) is 46.9 Å². The molecule has 5 N–H and O–H groups in total. The van der Waals surface area contributed by atoms with Crippen LogP contribution in [0.25, 0.3) is 55.1 Å². The summed E-state index contributed by atoms with van der Waals surface area (Å²) < 4.78 is 37.2. The van der Waals surface area contributed by atoms with E-state index in [0.29, 0.717) is 69.6 Å². The SMILES string of the molecule is C.C.CCOC(=O)c1c(N)[nH]c2cc(-c3c(C)noc3C)c(OC)cc12.COCCOCc1nc2[nH]c3cc(-c4c(C)noc4C)c(OC)cc3c2c(=O)[nH]1.S=S=S=S=S=S. The van der Waals surface area contributed by atoms with Crippen molar-refractivity contribution in [1.29, 1.82) is 0 Å². The van der Waals surface area contributed by atoms with Gasteiger partial charge in [0.15, 0.2) is 0 Å². The number of methoxy groups -OCH3 is 3. The number of nitrogens with zero attached hydrogens (tertiary/aromatic N) is 3. The Bertz CT molecular complexity index is 2820. The maximum atomic E-state index is 12.7. The van der Waals surface area contributed by atoms with Crippen LogP contribution >= 0.6 is 0 Å². The van der Waals surface area contributed by atoms with Gasteiger partial charge in [-0.2, -0.15) is 0 Å². The van der Waals surface area contributed by atoms with Gasteiger partial charge >= 0.3 is 5.97 Å². The molecular weight excluding hydrogens is 903 g/mol. The number of hydrogen-bond donors (Lipinski definition) is 4. The van der Waals surface area contributed by atoms with Crippen LogP contribution in [0.15, 0.2) is 38.1 Å². The van der Waals surface area contributed by atoms with E-state index in [1.54, 1.807) is 34.3 Å². The standard InChI is InChI=1S/C20H22N4O5.C17H19N3O4.2CH4.S6/c1-10-17(11(2)29-24-10)13-7-14-12(8-15(13)27-4)18-19(21-14)22-16(23-20(18)25)9-28-6-5-26-3;1-5-23-17(21)15-10-7-13(22-4)11(6-12(10)19-16(15)18)14-8(2)20-24-9(14)3;;;1-3-5-6-4-2/h7-8H,5-6,9H2,1-4H3,(H2,21,22,23,25);6-7,19H,5,18H2,1-4H3;2*1H4;. The minimum atomic E-state index is -0.464. The summed E-state index contributed by atoms with van der Waals surface area (Å²) in [5.41, 5.74) is 12.9. The van der Waals surface area contributed by atoms with Gasteiger partial charge < -0.3 is 53.4 Å². The zero-order valence-electron chi connectivity index (χ0n) is 33.2. The molecule has 330 valence electrons. The second-order valence-corrected chi connectivity index (χ2v) is 19.5. The first kappa shape index (κ1) is 50.5. The zero-order chi connectivity index (χ0) is 42.8. The number of nitrogens with two attached hydrogens (primary N) is 1. The highest BCUT2D eigenvalue weighted by molar-refractivity contribution is 8.64. The molecule has 0 aliphatic heterocycles. The Morgan fingerprint density at radius 3 is 1.82 bits per heavy atom. The third-order valence-electron chi connectivity index (χ3n) is 8.82. The van der Waals surface area contributed by atoms with E-state index in [9.17, 15) is 9.59 Å². The van der Waals surface area contributed by atoms with Gasteiger partial charge in [0.2, 0.25) is 0 Å². The molecule has 0 aliphatic carbocycles. The van der Waals surface area contributed by atoms with Gasteiger partial charge in [-0.05, 0) is 58.9 Å². The highest BCUT2D eigenvalue weighted by atomic mass is 33.3. The number of carbonyl (C=O) groups is 1. The van der Waals surface area contributed by atoms with Gasteiger partial charge in [-0.1, -0.05) is 25.2 Å². The minimum absolute atomic E-state index is 0. The predicted octanol–water partition coefficient (Wildman–Crippen LogP) is 7.31. The minimum Gasteiger partial charge on any atom is -0.496 e. The van der Waals surface area contributed by atoms with Crippen LogP contribution in [-0.4, -0.2) is 77.4 Å². The molecule has 0 saturated heterocycles. The number of aromatic amines is 3. The summed E-state index contributed by atoms with van der Waals surface area (Å²) in [6.07, 6.45) is 0. The molecule has 0 radical (unpaired) electrons. The number of nitrogen functional groups attached to an aromatic ring is 1. The average molecular weight is 952 g/mol. The Kier molecular flexibility index (Phi) is 19.4. The van der Waals surface area contributed by atoms with E-state index in [0.717, 1.165) is 44.5 Å². The highest BCUT2D eigenvalue weighted by Crippen LogP contribution is 2.40. The molecule has 0 aliphatic rings. The first-order chi connectivity index (χ1) is 28.4. The maximum Gasteiger partial charge on any atom is 0.342 e. The Morgan fingerprint density at radius 2 is 1.34 bits per heavy atom. The van der Waals surface area contributed by atoms with Gasteiger partial charge in [-0.15, -0.1) is 0 Å². The third kappa shape index (κ3) is 11.4. The number of benzene rings is 2. The molecule has 0 bridgehead atoms. The number of hydrogen-bond acceptors (Lipinski definition) is 15. The van der Waals surface area contributed by atoms with Gasteiger partial charge in [-0.25, -0.2) is 9.78 Å². The van der Waals surface area contributed by atoms with Crippen molar-refractivity contribution in [1.82, 2.24) is 30.2 Å². The predicted molar refractivity (Wildman–Crippen MR) is 255 cm³/mol. The highest BCUT2D eigenvalue weighted by Gasteiger charge is 2.23. The van der Waals surface area contributed by atoms with E-state index in [1.807, 2.05) is 45.9 Å². The lowest BCUT2D eigenvalue weighted by molar-refractivity contribution is 0.0530. The van der Waals surface area contributed by atoms with Crippen molar-refractivity contribution in [3.8, 4) is 33.8 Å². The fourth-order valence-electron chi connectivity index (χ4n) is 6.41. The molecule has 7 rings (SSSR count). The van der Waals surface area contributed by atoms with Crippen molar-refractivity contribution >= 4 is 103 Å². The summed E-state index contributed by atoms with van der Waals surface area (Å²) in [6, 6.07) is 7.41. The fraction of sp³-hybridized carbons (Fsp3) is 0.359. The van der Waals surface area contributed by atoms with Crippen LogP contribution in [-0.2, 0) is 78.7 Å². The lowest BCUT2D eigenvalue weighted by atomic mass is 10.0. The number of carbonyl (C=O) groups excluding carboxylic acids is 1. The van der Waals surface area contributed by atoms with Crippen LogP contribution in [0.3, 0.4) is 0 Å². The van der Waals surface area contributed by atoms with E-state index in [1.165, 1.54) is 35.5 Å². The topological polar surface area (TPSA) is 219 Å². The normalized spacial score (nSPS) is 10.4. The molecule has 5 heterocycles. The number of aromatic nitrogens is 6. The fourth-order valence-corrected chi connectivity index (χ4v) is 11.9. The van der Waals surface area contributed by atoms with E-state index in [2.05, 4.69) is 52.6 Å². The Morgan fingerprint density at radius 1 is 0.803 bits per heavy atom. The third-order valence-corrected chi connectivity index (χ3v) is 15.5. The first-order valence-corrected chi connectivity index (χ1v) is 24.2. The smallest absolute Gasteiger partial charge is 0.342 e. The second kappa shape index (κ2) is 23.4. The van der Waals surface area contributed by atoms with E-state index in [4.69, 9.17) is 38.5 Å². The van der Waals surface area contributed by atoms with Crippen molar-refractivity contribution < 1.29 is 37.5 Å². The molecule has 7 aromatic rings. The molecule has 0 amide bonds. The monoisotopic (exact) mass is 951 g/mol. The van der Waals surface area contributed by atoms with Crippen LogP contribution in [0.1, 0.15) is 60.9 Å². The van der Waals surface area contributed by atoms with Crippen molar-refractivity contribution in [3.05, 3.63) is 68.9 Å².